The molecule has 0 saturated heterocycles. The van der Waals surface area contributed by atoms with Gasteiger partial charge in [-0.1, -0.05) is 19.8 Å². The van der Waals surface area contributed by atoms with Crippen molar-refractivity contribution in [2.75, 3.05) is 11.9 Å². The maximum Gasteiger partial charge on any atom is 0.239 e. The Kier molecular flexibility index (Phi) is 4.66. The number of nitrogens with two attached hydrogens (primary N) is 1. The standard InChI is InChI=1S/C10H18N4O/c1-2-3-4-5-12-9-6-13-14(7-9)8-10(11)15/h6-7,12H,2-5,8H2,1H3,(H2,11,15). The molecule has 1 aromatic heterocycles. The predicted octanol–water partition coefficient (Wildman–Crippen LogP) is 0.970. The van der Waals surface area contributed by atoms with Crippen LogP contribution in [0.3, 0.4) is 0 Å². The van der Waals surface area contributed by atoms with Crippen molar-refractivity contribution >= 4 is 11.6 Å². The third-order valence-electron chi connectivity index (χ3n) is 2.06. The van der Waals surface area contributed by atoms with E-state index in [1.807, 2.05) is 0 Å². The van der Waals surface area contributed by atoms with Gasteiger partial charge in [-0.3, -0.25) is 9.48 Å². The van der Waals surface area contributed by atoms with Gasteiger partial charge in [0.25, 0.3) is 0 Å². The zero-order valence-electron chi connectivity index (χ0n) is 9.07. The van der Waals surface area contributed by atoms with Crippen LogP contribution < -0.4 is 11.1 Å². The van der Waals surface area contributed by atoms with E-state index in [9.17, 15) is 4.79 Å². The molecule has 84 valence electrons. The van der Waals surface area contributed by atoms with Gasteiger partial charge < -0.3 is 11.1 Å². The van der Waals surface area contributed by atoms with Gasteiger partial charge in [0.15, 0.2) is 0 Å². The highest BCUT2D eigenvalue weighted by atomic mass is 16.1. The van der Waals surface area contributed by atoms with E-state index in [1.165, 1.54) is 17.5 Å². The fourth-order valence-electron chi connectivity index (χ4n) is 1.31. The summed E-state index contributed by atoms with van der Waals surface area (Å²) >= 11 is 0. The topological polar surface area (TPSA) is 72.9 Å². The number of rotatable bonds is 7. The number of nitrogens with zero attached hydrogens (tertiary/aromatic N) is 2. The zero-order chi connectivity index (χ0) is 11.1. The van der Waals surface area contributed by atoms with Crippen molar-refractivity contribution in [3.05, 3.63) is 12.4 Å². The number of anilines is 1. The summed E-state index contributed by atoms with van der Waals surface area (Å²) in [5.74, 6) is -0.379. The maximum absolute atomic E-state index is 10.6. The van der Waals surface area contributed by atoms with Crippen LogP contribution in [-0.2, 0) is 11.3 Å². The van der Waals surface area contributed by atoms with E-state index in [1.54, 1.807) is 12.4 Å². The van der Waals surface area contributed by atoms with Gasteiger partial charge in [0.1, 0.15) is 6.54 Å². The second-order valence-electron chi connectivity index (χ2n) is 3.53. The van der Waals surface area contributed by atoms with E-state index in [2.05, 4.69) is 17.3 Å². The van der Waals surface area contributed by atoms with Crippen molar-refractivity contribution in [3.63, 3.8) is 0 Å². The fraction of sp³-hybridized carbons (Fsp3) is 0.600. The number of unbranched alkanes of at least 4 members (excludes halogenated alkanes) is 2. The Morgan fingerprint density at radius 1 is 1.60 bits per heavy atom. The molecule has 1 heterocycles. The van der Waals surface area contributed by atoms with Crippen molar-refractivity contribution in [2.24, 2.45) is 5.73 Å². The molecule has 0 aromatic carbocycles. The summed E-state index contributed by atoms with van der Waals surface area (Å²) in [5, 5.41) is 7.25. The molecule has 0 atom stereocenters. The molecule has 0 unspecified atom stereocenters. The largest absolute Gasteiger partial charge is 0.383 e. The van der Waals surface area contributed by atoms with Crippen LogP contribution in [0.25, 0.3) is 0 Å². The van der Waals surface area contributed by atoms with Crippen LogP contribution in [0.1, 0.15) is 26.2 Å². The second kappa shape index (κ2) is 6.06. The van der Waals surface area contributed by atoms with Gasteiger partial charge in [-0.2, -0.15) is 5.10 Å². The summed E-state index contributed by atoms with van der Waals surface area (Å²) < 4.78 is 1.53. The highest BCUT2D eigenvalue weighted by Crippen LogP contribution is 2.05. The lowest BCUT2D eigenvalue weighted by molar-refractivity contribution is -0.118. The van der Waals surface area contributed by atoms with E-state index >= 15 is 0 Å². The molecule has 5 nitrogen and oxygen atoms in total. The number of hydrogen-bond acceptors (Lipinski definition) is 3. The number of amides is 1. The van der Waals surface area contributed by atoms with Crippen LogP contribution in [0.4, 0.5) is 5.69 Å². The molecule has 0 aliphatic heterocycles. The van der Waals surface area contributed by atoms with E-state index in [0.29, 0.717) is 0 Å². The number of carbonyl (C=O) groups is 1. The number of primary amides is 1. The van der Waals surface area contributed by atoms with Gasteiger partial charge >= 0.3 is 0 Å². The van der Waals surface area contributed by atoms with Crippen LogP contribution >= 0.6 is 0 Å². The molecule has 0 spiro atoms. The maximum atomic E-state index is 10.6. The molecule has 5 heteroatoms. The summed E-state index contributed by atoms with van der Waals surface area (Å²) in [4.78, 5) is 10.6. The number of aromatic nitrogens is 2. The molecule has 15 heavy (non-hydrogen) atoms. The van der Waals surface area contributed by atoms with Crippen LogP contribution in [-0.4, -0.2) is 22.2 Å². The van der Waals surface area contributed by atoms with E-state index in [4.69, 9.17) is 5.73 Å². The first-order chi connectivity index (χ1) is 7.22. The Morgan fingerprint density at radius 2 is 2.40 bits per heavy atom. The van der Waals surface area contributed by atoms with Gasteiger partial charge in [0.2, 0.25) is 5.91 Å². The zero-order valence-corrected chi connectivity index (χ0v) is 9.07. The van der Waals surface area contributed by atoms with Crippen molar-refractivity contribution < 1.29 is 4.79 Å². The van der Waals surface area contributed by atoms with Gasteiger partial charge in [-0.05, 0) is 6.42 Å². The van der Waals surface area contributed by atoms with E-state index in [-0.39, 0.29) is 12.5 Å². The number of hydrogen-bond donors (Lipinski definition) is 2. The lowest BCUT2D eigenvalue weighted by atomic mass is 10.2. The van der Waals surface area contributed by atoms with Crippen LogP contribution in [0.2, 0.25) is 0 Å². The summed E-state index contributed by atoms with van der Waals surface area (Å²) in [5.41, 5.74) is 5.99. The lowest BCUT2D eigenvalue weighted by Crippen LogP contribution is -2.18. The van der Waals surface area contributed by atoms with Crippen molar-refractivity contribution in [3.8, 4) is 0 Å². The Labute approximate surface area is 89.6 Å². The summed E-state index contributed by atoms with van der Waals surface area (Å²) in [7, 11) is 0. The van der Waals surface area contributed by atoms with Gasteiger partial charge in [0.05, 0.1) is 11.9 Å². The minimum Gasteiger partial charge on any atom is -0.383 e. The smallest absolute Gasteiger partial charge is 0.239 e. The molecule has 0 saturated carbocycles. The highest BCUT2D eigenvalue weighted by molar-refractivity contribution is 5.73. The molecule has 1 amide bonds. The first kappa shape index (κ1) is 11.6. The van der Waals surface area contributed by atoms with E-state index < -0.39 is 0 Å². The van der Waals surface area contributed by atoms with E-state index in [0.717, 1.165) is 18.7 Å². The quantitative estimate of drug-likeness (QED) is 0.659. The minimum absolute atomic E-state index is 0.136. The fourth-order valence-corrected chi connectivity index (χ4v) is 1.31. The van der Waals surface area contributed by atoms with Gasteiger partial charge in [-0.15, -0.1) is 0 Å². The van der Waals surface area contributed by atoms with Crippen LogP contribution in [0, 0.1) is 0 Å². The summed E-state index contributed by atoms with van der Waals surface area (Å²) in [6.07, 6.45) is 7.08. The Morgan fingerprint density at radius 3 is 3.07 bits per heavy atom. The lowest BCUT2D eigenvalue weighted by Gasteiger charge is -2.01. The normalized spacial score (nSPS) is 10.2. The Balaban J connectivity index is 2.29. The second-order valence-corrected chi connectivity index (χ2v) is 3.53. The van der Waals surface area contributed by atoms with Gasteiger partial charge in [0, 0.05) is 12.7 Å². The third kappa shape index (κ3) is 4.49. The average molecular weight is 210 g/mol. The highest BCUT2D eigenvalue weighted by Gasteiger charge is 2.00. The average Bonchev–Trinajstić information content (AvgIpc) is 2.59. The molecule has 0 aliphatic carbocycles. The van der Waals surface area contributed by atoms with Crippen molar-refractivity contribution in [1.82, 2.24) is 9.78 Å². The van der Waals surface area contributed by atoms with Crippen molar-refractivity contribution in [2.45, 2.75) is 32.7 Å². The number of nitrogens with one attached hydrogen (secondary N) is 1. The molecule has 1 aromatic rings. The monoisotopic (exact) mass is 210 g/mol. The molecular formula is C10H18N4O. The Bertz CT molecular complexity index is 308. The third-order valence-corrected chi connectivity index (χ3v) is 2.06. The molecule has 0 bridgehead atoms. The van der Waals surface area contributed by atoms with Crippen molar-refractivity contribution in [1.29, 1.82) is 0 Å². The molecule has 0 fully saturated rings. The minimum atomic E-state index is -0.379. The van der Waals surface area contributed by atoms with Crippen LogP contribution in [0.5, 0.6) is 0 Å². The Hall–Kier alpha value is -1.52. The first-order valence-corrected chi connectivity index (χ1v) is 5.27. The predicted molar refractivity (Wildman–Crippen MR) is 59.4 cm³/mol. The SMILES string of the molecule is CCCCCNc1cnn(CC(N)=O)c1. The number of carbonyl (C=O) groups excluding carboxylic acids is 1. The molecule has 0 aliphatic rings. The molecule has 3 N–H and O–H groups in total. The summed E-state index contributed by atoms with van der Waals surface area (Å²) in [6, 6.07) is 0. The van der Waals surface area contributed by atoms with Crippen LogP contribution in [0.15, 0.2) is 12.4 Å². The molecule has 0 radical (unpaired) electrons. The summed E-state index contributed by atoms with van der Waals surface area (Å²) in [6.45, 7) is 3.25. The first-order valence-electron chi connectivity index (χ1n) is 5.27. The molecule has 1 rings (SSSR count). The molecular weight excluding hydrogens is 192 g/mol. The van der Waals surface area contributed by atoms with Gasteiger partial charge in [-0.25, -0.2) is 0 Å².